The van der Waals surface area contributed by atoms with Crippen molar-refractivity contribution in [2.45, 2.75) is 46.5 Å². The lowest BCUT2D eigenvalue weighted by molar-refractivity contribution is -0.120. The zero-order valence-electron chi connectivity index (χ0n) is 10.9. The Bertz CT molecular complexity index is 341. The first kappa shape index (κ1) is 13.7. The Labute approximate surface area is 103 Å². The fourth-order valence-corrected chi connectivity index (χ4v) is 2.33. The molecule has 0 aromatic rings. The van der Waals surface area contributed by atoms with Gasteiger partial charge < -0.3 is 0 Å². The smallest absolute Gasteiger partial charge is 0.254 e. The van der Waals surface area contributed by atoms with Crippen LogP contribution in [0.2, 0.25) is 0 Å². The van der Waals surface area contributed by atoms with E-state index < -0.39 is 0 Å². The predicted octanol–water partition coefficient (Wildman–Crippen LogP) is 2.46. The van der Waals surface area contributed by atoms with Gasteiger partial charge in [-0.1, -0.05) is 20.8 Å². The van der Waals surface area contributed by atoms with Crippen molar-refractivity contribution in [3.8, 4) is 6.07 Å². The number of nitrogens with one attached hydrogen (secondary N) is 1. The first-order valence-corrected chi connectivity index (χ1v) is 6.26. The van der Waals surface area contributed by atoms with Crippen LogP contribution in [-0.4, -0.2) is 11.6 Å². The van der Waals surface area contributed by atoms with Crippen LogP contribution in [0.15, 0.2) is 5.10 Å². The average molecular weight is 235 g/mol. The number of nitriles is 1. The molecular weight excluding hydrogens is 214 g/mol. The van der Waals surface area contributed by atoms with Gasteiger partial charge >= 0.3 is 0 Å². The van der Waals surface area contributed by atoms with Crippen LogP contribution in [0.1, 0.15) is 46.5 Å². The third-order valence-corrected chi connectivity index (χ3v) is 3.32. The van der Waals surface area contributed by atoms with Crippen LogP contribution in [-0.2, 0) is 4.79 Å². The molecule has 0 aromatic carbocycles. The number of carbonyl (C=O) groups excluding carboxylic acids is 1. The SMILES string of the molecule is CC(C)[C@@H]1CC[C@@H](C)C/C1=N/NC(=O)CC#N. The highest BCUT2D eigenvalue weighted by molar-refractivity contribution is 5.89. The highest BCUT2D eigenvalue weighted by Gasteiger charge is 2.27. The minimum atomic E-state index is -0.319. The van der Waals surface area contributed by atoms with E-state index in [1.54, 1.807) is 0 Å². The van der Waals surface area contributed by atoms with E-state index in [0.717, 1.165) is 18.6 Å². The fraction of sp³-hybridized carbons (Fsp3) is 0.769. The van der Waals surface area contributed by atoms with Gasteiger partial charge in [0.2, 0.25) is 0 Å². The van der Waals surface area contributed by atoms with E-state index >= 15 is 0 Å². The molecule has 0 spiro atoms. The van der Waals surface area contributed by atoms with Gasteiger partial charge in [0, 0.05) is 11.6 Å². The van der Waals surface area contributed by atoms with Crippen molar-refractivity contribution in [1.82, 2.24) is 5.43 Å². The van der Waals surface area contributed by atoms with E-state index in [1.807, 2.05) is 6.07 Å². The number of carbonyl (C=O) groups is 1. The molecule has 1 fully saturated rings. The van der Waals surface area contributed by atoms with Crippen molar-refractivity contribution in [3.05, 3.63) is 0 Å². The van der Waals surface area contributed by atoms with E-state index in [2.05, 4.69) is 31.3 Å². The summed E-state index contributed by atoms with van der Waals surface area (Å²) in [6, 6.07) is 1.82. The molecule has 0 radical (unpaired) electrons. The van der Waals surface area contributed by atoms with Crippen LogP contribution in [0.5, 0.6) is 0 Å². The maximum Gasteiger partial charge on any atom is 0.254 e. The first-order chi connectivity index (χ1) is 8.04. The normalized spacial score (nSPS) is 26.9. The molecule has 2 atom stereocenters. The lowest BCUT2D eigenvalue weighted by Crippen LogP contribution is -2.30. The molecule has 0 aromatic heterocycles. The average Bonchev–Trinajstić information content (AvgIpc) is 2.26. The summed E-state index contributed by atoms with van der Waals surface area (Å²) < 4.78 is 0. The fourth-order valence-electron chi connectivity index (χ4n) is 2.33. The van der Waals surface area contributed by atoms with Crippen LogP contribution in [0.3, 0.4) is 0 Å². The van der Waals surface area contributed by atoms with Crippen LogP contribution < -0.4 is 5.43 Å². The molecule has 4 heteroatoms. The highest BCUT2D eigenvalue weighted by atomic mass is 16.2. The molecule has 94 valence electrons. The Balaban J connectivity index is 2.66. The van der Waals surface area contributed by atoms with Gasteiger partial charge in [-0.3, -0.25) is 4.79 Å². The largest absolute Gasteiger partial charge is 0.272 e. The highest BCUT2D eigenvalue weighted by Crippen LogP contribution is 2.31. The van der Waals surface area contributed by atoms with Crippen LogP contribution in [0, 0.1) is 29.1 Å². The molecule has 1 N–H and O–H groups in total. The second-order valence-electron chi connectivity index (χ2n) is 5.21. The quantitative estimate of drug-likeness (QED) is 0.764. The third-order valence-electron chi connectivity index (χ3n) is 3.32. The molecule has 1 amide bonds. The minimum Gasteiger partial charge on any atom is -0.272 e. The second kappa shape index (κ2) is 6.39. The minimum absolute atomic E-state index is 0.126. The summed E-state index contributed by atoms with van der Waals surface area (Å²) in [6.07, 6.45) is 3.20. The molecule has 17 heavy (non-hydrogen) atoms. The lowest BCUT2D eigenvalue weighted by Gasteiger charge is -2.30. The van der Waals surface area contributed by atoms with Crippen molar-refractivity contribution in [2.75, 3.05) is 0 Å². The molecule has 1 aliphatic rings. The molecule has 0 saturated heterocycles. The summed E-state index contributed by atoms with van der Waals surface area (Å²) in [7, 11) is 0. The van der Waals surface area contributed by atoms with Crippen molar-refractivity contribution >= 4 is 11.6 Å². The van der Waals surface area contributed by atoms with Crippen LogP contribution in [0.4, 0.5) is 0 Å². The maximum absolute atomic E-state index is 11.2. The monoisotopic (exact) mass is 235 g/mol. The number of hydrazone groups is 1. The zero-order valence-corrected chi connectivity index (χ0v) is 10.9. The van der Waals surface area contributed by atoms with Crippen LogP contribution in [0.25, 0.3) is 0 Å². The molecule has 1 rings (SSSR count). The van der Waals surface area contributed by atoms with Crippen molar-refractivity contribution in [3.63, 3.8) is 0 Å². The molecule has 0 bridgehead atoms. The van der Waals surface area contributed by atoms with E-state index in [9.17, 15) is 4.79 Å². The predicted molar refractivity (Wildman–Crippen MR) is 67.2 cm³/mol. The Hall–Kier alpha value is -1.37. The van der Waals surface area contributed by atoms with Crippen molar-refractivity contribution in [2.24, 2.45) is 22.9 Å². The van der Waals surface area contributed by atoms with Gasteiger partial charge in [-0.2, -0.15) is 10.4 Å². The van der Waals surface area contributed by atoms with E-state index in [4.69, 9.17) is 5.26 Å². The molecule has 0 unspecified atom stereocenters. The number of rotatable bonds is 3. The summed E-state index contributed by atoms with van der Waals surface area (Å²) in [5.74, 6) is 1.33. The Kier molecular flexibility index (Phi) is 5.14. The summed E-state index contributed by atoms with van der Waals surface area (Å²) in [5.41, 5.74) is 3.57. The van der Waals surface area contributed by atoms with Gasteiger partial charge in [0.15, 0.2) is 0 Å². The van der Waals surface area contributed by atoms with Gasteiger partial charge in [-0.25, -0.2) is 5.43 Å². The number of hydrogen-bond acceptors (Lipinski definition) is 3. The van der Waals surface area contributed by atoms with E-state index in [-0.39, 0.29) is 12.3 Å². The Morgan fingerprint density at radius 1 is 1.59 bits per heavy atom. The molecular formula is C13H21N3O. The van der Waals surface area contributed by atoms with Gasteiger partial charge in [-0.05, 0) is 31.1 Å². The van der Waals surface area contributed by atoms with Crippen molar-refractivity contribution in [1.29, 1.82) is 5.26 Å². The summed E-state index contributed by atoms with van der Waals surface area (Å²) >= 11 is 0. The lowest BCUT2D eigenvalue weighted by atomic mass is 9.76. The third kappa shape index (κ3) is 4.18. The van der Waals surface area contributed by atoms with Gasteiger partial charge in [0.1, 0.15) is 6.42 Å². The Morgan fingerprint density at radius 2 is 2.29 bits per heavy atom. The second-order valence-corrected chi connectivity index (χ2v) is 5.21. The standard InChI is InChI=1S/C13H21N3O/c1-9(2)11-5-4-10(3)8-12(11)15-16-13(17)6-7-14/h9-11H,4-6,8H2,1-3H3,(H,16,17)/b15-12-/t10-,11+/m1/s1. The molecule has 0 aliphatic heterocycles. The van der Waals surface area contributed by atoms with Crippen molar-refractivity contribution < 1.29 is 4.79 Å². The Morgan fingerprint density at radius 3 is 2.88 bits per heavy atom. The molecule has 1 aliphatic carbocycles. The zero-order chi connectivity index (χ0) is 12.8. The number of amides is 1. The van der Waals surface area contributed by atoms with Crippen LogP contribution >= 0.6 is 0 Å². The molecule has 0 heterocycles. The van der Waals surface area contributed by atoms with Gasteiger partial charge in [0.25, 0.3) is 5.91 Å². The summed E-state index contributed by atoms with van der Waals surface area (Å²) in [5, 5.41) is 12.6. The summed E-state index contributed by atoms with van der Waals surface area (Å²) in [6.45, 7) is 6.59. The first-order valence-electron chi connectivity index (χ1n) is 6.26. The maximum atomic E-state index is 11.2. The van der Waals surface area contributed by atoms with E-state index in [0.29, 0.717) is 17.8 Å². The number of hydrogen-bond donors (Lipinski definition) is 1. The number of nitrogens with zero attached hydrogens (tertiary/aromatic N) is 2. The van der Waals surface area contributed by atoms with E-state index in [1.165, 1.54) is 6.42 Å². The molecule has 1 saturated carbocycles. The summed E-state index contributed by atoms with van der Waals surface area (Å²) in [4.78, 5) is 11.2. The van der Waals surface area contributed by atoms with Gasteiger partial charge in [-0.15, -0.1) is 0 Å². The molecule has 4 nitrogen and oxygen atoms in total. The topological polar surface area (TPSA) is 65.2 Å². The van der Waals surface area contributed by atoms with Gasteiger partial charge in [0.05, 0.1) is 6.07 Å².